The second kappa shape index (κ2) is 6.23. The fraction of sp³-hybridized carbons (Fsp3) is 0.308. The van der Waals surface area contributed by atoms with Crippen molar-refractivity contribution in [2.24, 2.45) is 0 Å². The Hall–Kier alpha value is -2.03. The lowest BCUT2D eigenvalue weighted by Crippen LogP contribution is -2.05. The van der Waals surface area contributed by atoms with Crippen LogP contribution in [-0.4, -0.2) is 12.6 Å². The number of esters is 1. The zero-order valence-corrected chi connectivity index (χ0v) is 9.97. The molecule has 0 unspecified atom stereocenters. The predicted molar refractivity (Wildman–Crippen MR) is 59.5 cm³/mol. The van der Waals surface area contributed by atoms with Crippen LogP contribution in [0, 0.1) is 17.7 Å². The van der Waals surface area contributed by atoms with E-state index in [1.165, 1.54) is 0 Å². The number of halogens is 4. The lowest BCUT2D eigenvalue weighted by molar-refractivity contribution is -0.142. The lowest BCUT2D eigenvalue weighted by Gasteiger charge is -2.06. The summed E-state index contributed by atoms with van der Waals surface area (Å²) in [7, 11) is 0. The molecule has 0 saturated carbocycles. The van der Waals surface area contributed by atoms with Gasteiger partial charge in [-0.15, -0.1) is 0 Å². The number of hydrogen-bond donors (Lipinski definition) is 0. The quantitative estimate of drug-likeness (QED) is 0.470. The first-order valence-electron chi connectivity index (χ1n) is 5.36. The highest BCUT2D eigenvalue weighted by molar-refractivity contribution is 5.72. The summed E-state index contributed by atoms with van der Waals surface area (Å²) in [4.78, 5) is 10.9. The zero-order valence-electron chi connectivity index (χ0n) is 9.97. The van der Waals surface area contributed by atoms with Crippen molar-refractivity contribution in [2.45, 2.75) is 19.5 Å². The molecule has 1 aromatic carbocycles. The molecule has 0 amide bonds. The van der Waals surface area contributed by atoms with Gasteiger partial charge in [0.1, 0.15) is 12.2 Å². The number of carbonyl (C=O) groups excluding carboxylic acids is 1. The van der Waals surface area contributed by atoms with E-state index in [-0.39, 0.29) is 13.0 Å². The maximum Gasteiger partial charge on any atom is 0.416 e. The van der Waals surface area contributed by atoms with Gasteiger partial charge in [0.2, 0.25) is 0 Å². The van der Waals surface area contributed by atoms with Crippen molar-refractivity contribution in [1.29, 1.82) is 0 Å². The molecule has 19 heavy (non-hydrogen) atoms. The number of ether oxygens (including phenoxy) is 1. The Labute approximate surface area is 107 Å². The van der Waals surface area contributed by atoms with Crippen LogP contribution in [0.3, 0.4) is 0 Å². The average molecular weight is 274 g/mol. The molecule has 0 aromatic heterocycles. The van der Waals surface area contributed by atoms with Gasteiger partial charge in [0.25, 0.3) is 0 Å². The topological polar surface area (TPSA) is 26.3 Å². The molecule has 0 atom stereocenters. The predicted octanol–water partition coefficient (Wildman–Crippen LogP) is 3.15. The molecule has 0 N–H and O–H groups in total. The van der Waals surface area contributed by atoms with Crippen molar-refractivity contribution >= 4 is 5.97 Å². The Morgan fingerprint density at radius 2 is 2.05 bits per heavy atom. The van der Waals surface area contributed by atoms with Crippen LogP contribution in [0.2, 0.25) is 0 Å². The van der Waals surface area contributed by atoms with Crippen LogP contribution in [0.1, 0.15) is 24.5 Å². The molecule has 0 aliphatic heterocycles. The number of rotatable bonds is 2. The van der Waals surface area contributed by atoms with Gasteiger partial charge in [-0.3, -0.25) is 4.79 Å². The largest absolute Gasteiger partial charge is 0.465 e. The molecule has 0 radical (unpaired) electrons. The third-order valence-electron chi connectivity index (χ3n) is 2.05. The Morgan fingerprint density at radius 3 is 2.63 bits per heavy atom. The molecule has 0 bridgehead atoms. The standard InChI is InChI=1S/C13H10F4O2/c1-2-19-12(18)5-3-4-9-8-10(13(15,16)17)6-7-11(9)14/h6-8H,2,5H2,1H3. The SMILES string of the molecule is CCOC(=O)CC#Cc1cc(C(F)(F)F)ccc1F. The summed E-state index contributed by atoms with van der Waals surface area (Å²) in [6.07, 6.45) is -4.87. The van der Waals surface area contributed by atoms with Gasteiger partial charge in [-0.2, -0.15) is 13.2 Å². The van der Waals surface area contributed by atoms with Gasteiger partial charge >= 0.3 is 12.1 Å². The lowest BCUT2D eigenvalue weighted by atomic mass is 10.1. The molecule has 0 heterocycles. The van der Waals surface area contributed by atoms with Crippen LogP contribution in [0.15, 0.2) is 18.2 Å². The summed E-state index contributed by atoms with van der Waals surface area (Å²) in [6.45, 7) is 1.79. The Morgan fingerprint density at radius 1 is 1.37 bits per heavy atom. The molecule has 102 valence electrons. The first kappa shape index (κ1) is 15.0. The first-order chi connectivity index (χ1) is 8.84. The van der Waals surface area contributed by atoms with Gasteiger partial charge in [0.05, 0.1) is 17.7 Å². The second-order valence-electron chi connectivity index (χ2n) is 3.48. The van der Waals surface area contributed by atoms with Crippen molar-refractivity contribution in [3.63, 3.8) is 0 Å². The molecular weight excluding hydrogens is 264 g/mol. The minimum absolute atomic E-state index is 0.179. The summed E-state index contributed by atoms with van der Waals surface area (Å²) in [6, 6.07) is 1.93. The average Bonchev–Trinajstić information content (AvgIpc) is 2.30. The van der Waals surface area contributed by atoms with Crippen molar-refractivity contribution in [3.8, 4) is 11.8 Å². The summed E-state index contributed by atoms with van der Waals surface area (Å²) in [5.41, 5.74) is -1.39. The van der Waals surface area contributed by atoms with E-state index in [4.69, 9.17) is 0 Å². The molecule has 2 nitrogen and oxygen atoms in total. The first-order valence-corrected chi connectivity index (χ1v) is 5.36. The summed E-state index contributed by atoms with van der Waals surface area (Å²) < 4.78 is 55.0. The molecule has 6 heteroatoms. The maximum absolute atomic E-state index is 13.2. The van der Waals surface area contributed by atoms with E-state index in [1.54, 1.807) is 6.92 Å². The Bertz CT molecular complexity index is 524. The minimum Gasteiger partial charge on any atom is -0.465 e. The Balaban J connectivity index is 2.89. The maximum atomic E-state index is 13.2. The van der Waals surface area contributed by atoms with Crippen molar-refractivity contribution in [1.82, 2.24) is 0 Å². The van der Waals surface area contributed by atoms with Gasteiger partial charge in [-0.05, 0) is 25.1 Å². The Kier molecular flexibility index (Phi) is 4.93. The molecule has 1 rings (SSSR count). The van der Waals surface area contributed by atoms with E-state index in [0.29, 0.717) is 18.2 Å². The number of benzene rings is 1. The molecule has 1 aromatic rings. The summed E-state index contributed by atoms with van der Waals surface area (Å²) >= 11 is 0. The van der Waals surface area contributed by atoms with E-state index < -0.39 is 29.1 Å². The number of carbonyl (C=O) groups is 1. The summed E-state index contributed by atoms with van der Waals surface area (Å²) in [5, 5.41) is 0. The van der Waals surface area contributed by atoms with Crippen molar-refractivity contribution in [2.75, 3.05) is 6.61 Å². The van der Waals surface area contributed by atoms with Crippen LogP contribution in [-0.2, 0) is 15.7 Å². The van der Waals surface area contributed by atoms with Gasteiger partial charge in [-0.25, -0.2) is 4.39 Å². The molecule has 0 aliphatic rings. The van der Waals surface area contributed by atoms with Crippen LogP contribution < -0.4 is 0 Å². The second-order valence-corrected chi connectivity index (χ2v) is 3.48. The monoisotopic (exact) mass is 274 g/mol. The van der Waals surface area contributed by atoms with Crippen LogP contribution in [0.4, 0.5) is 17.6 Å². The van der Waals surface area contributed by atoms with E-state index in [0.717, 1.165) is 0 Å². The van der Waals surface area contributed by atoms with Crippen LogP contribution >= 0.6 is 0 Å². The molecular formula is C13H10F4O2. The number of alkyl halides is 3. The number of hydrogen-bond acceptors (Lipinski definition) is 2. The normalized spacial score (nSPS) is 10.6. The van der Waals surface area contributed by atoms with E-state index >= 15 is 0 Å². The van der Waals surface area contributed by atoms with Crippen molar-refractivity contribution < 1.29 is 27.1 Å². The highest BCUT2D eigenvalue weighted by Gasteiger charge is 2.30. The molecule has 0 saturated heterocycles. The smallest absolute Gasteiger partial charge is 0.416 e. The van der Waals surface area contributed by atoms with Gasteiger partial charge in [0, 0.05) is 0 Å². The fourth-order valence-corrected chi connectivity index (χ4v) is 1.22. The molecule has 0 aliphatic carbocycles. The van der Waals surface area contributed by atoms with Crippen molar-refractivity contribution in [3.05, 3.63) is 35.1 Å². The minimum atomic E-state index is -4.56. The highest BCUT2D eigenvalue weighted by Crippen LogP contribution is 2.30. The van der Waals surface area contributed by atoms with Gasteiger partial charge in [0.15, 0.2) is 0 Å². The van der Waals surface area contributed by atoms with Crippen LogP contribution in [0.5, 0.6) is 0 Å². The fourth-order valence-electron chi connectivity index (χ4n) is 1.22. The van der Waals surface area contributed by atoms with E-state index in [9.17, 15) is 22.4 Å². The van der Waals surface area contributed by atoms with Gasteiger partial charge < -0.3 is 4.74 Å². The third kappa shape index (κ3) is 4.62. The summed E-state index contributed by atoms with van der Waals surface area (Å²) in [5.74, 6) is 2.98. The third-order valence-corrected chi connectivity index (χ3v) is 2.05. The molecule has 0 spiro atoms. The zero-order chi connectivity index (χ0) is 14.5. The van der Waals surface area contributed by atoms with E-state index in [1.807, 2.05) is 0 Å². The van der Waals surface area contributed by atoms with E-state index in [2.05, 4.69) is 16.6 Å². The van der Waals surface area contributed by atoms with Gasteiger partial charge in [-0.1, -0.05) is 11.8 Å². The van der Waals surface area contributed by atoms with Crippen LogP contribution in [0.25, 0.3) is 0 Å². The highest BCUT2D eigenvalue weighted by atomic mass is 19.4. The molecule has 0 fully saturated rings.